The summed E-state index contributed by atoms with van der Waals surface area (Å²) in [6.45, 7) is 7.02. The fourth-order valence-corrected chi connectivity index (χ4v) is 6.95. The standard InChI is InChI=1S/C16H24N4O6S2/c1-15(2)7(14(25)26)19-10(27-15)6(13(23)24)18-9(21)8-16(3,4)28-12-5(17)11(22)20(8)12/h5-8,10,12,19H,17H2,1-4H3,(H,18,21)(H,23,24)(H,25,26). The number of carbonyl (C=O) groups is 4. The highest BCUT2D eigenvalue weighted by Gasteiger charge is 2.63. The van der Waals surface area contributed by atoms with Crippen molar-refractivity contribution in [2.75, 3.05) is 0 Å². The van der Waals surface area contributed by atoms with Crippen molar-refractivity contribution in [3.8, 4) is 0 Å². The van der Waals surface area contributed by atoms with Gasteiger partial charge in [-0.2, -0.15) is 0 Å². The van der Waals surface area contributed by atoms with Crippen molar-refractivity contribution >= 4 is 47.3 Å². The highest BCUT2D eigenvalue weighted by molar-refractivity contribution is 8.02. The molecule has 3 aliphatic rings. The third kappa shape index (κ3) is 3.25. The summed E-state index contributed by atoms with van der Waals surface area (Å²) < 4.78 is -1.40. The fraction of sp³-hybridized carbons (Fsp3) is 0.750. The number of carbonyl (C=O) groups excluding carboxylic acids is 2. The van der Waals surface area contributed by atoms with E-state index < -0.39 is 56.9 Å². The molecule has 0 aromatic carbocycles. The van der Waals surface area contributed by atoms with Gasteiger partial charge < -0.3 is 26.2 Å². The lowest BCUT2D eigenvalue weighted by atomic mass is 9.95. The summed E-state index contributed by atoms with van der Waals surface area (Å²) in [6, 6.07) is -3.84. The van der Waals surface area contributed by atoms with Gasteiger partial charge in [-0.05, 0) is 27.7 Å². The Balaban J connectivity index is 1.78. The minimum Gasteiger partial charge on any atom is -0.480 e. The Morgan fingerprint density at radius 1 is 1.18 bits per heavy atom. The molecular weight excluding hydrogens is 408 g/mol. The average Bonchev–Trinajstić information content (AvgIpc) is 3.02. The van der Waals surface area contributed by atoms with Gasteiger partial charge in [0.1, 0.15) is 23.5 Å². The van der Waals surface area contributed by atoms with Crippen LogP contribution in [0.15, 0.2) is 0 Å². The third-order valence-electron chi connectivity index (χ3n) is 5.30. The van der Waals surface area contributed by atoms with Crippen molar-refractivity contribution in [2.45, 2.75) is 72.1 Å². The van der Waals surface area contributed by atoms with E-state index in [1.807, 2.05) is 13.8 Å². The van der Waals surface area contributed by atoms with E-state index in [1.54, 1.807) is 13.8 Å². The van der Waals surface area contributed by atoms with Crippen LogP contribution in [-0.4, -0.2) is 83.3 Å². The molecule has 3 fully saturated rings. The zero-order valence-electron chi connectivity index (χ0n) is 15.8. The van der Waals surface area contributed by atoms with Crippen LogP contribution in [-0.2, 0) is 19.2 Å². The van der Waals surface area contributed by atoms with E-state index in [9.17, 15) is 29.4 Å². The summed E-state index contributed by atoms with van der Waals surface area (Å²) in [7, 11) is 0. The monoisotopic (exact) mass is 432 g/mol. The largest absolute Gasteiger partial charge is 0.480 e. The molecule has 0 spiro atoms. The van der Waals surface area contributed by atoms with Gasteiger partial charge >= 0.3 is 11.9 Å². The van der Waals surface area contributed by atoms with E-state index in [1.165, 1.54) is 16.7 Å². The van der Waals surface area contributed by atoms with Crippen LogP contribution >= 0.6 is 23.5 Å². The van der Waals surface area contributed by atoms with Crippen molar-refractivity contribution < 1.29 is 29.4 Å². The number of nitrogens with zero attached hydrogens (tertiary/aromatic N) is 1. The topological polar surface area (TPSA) is 162 Å². The Morgan fingerprint density at radius 3 is 2.29 bits per heavy atom. The summed E-state index contributed by atoms with van der Waals surface area (Å²) >= 11 is 2.56. The van der Waals surface area contributed by atoms with E-state index in [2.05, 4.69) is 10.6 Å². The van der Waals surface area contributed by atoms with Gasteiger partial charge in [0.2, 0.25) is 11.8 Å². The van der Waals surface area contributed by atoms with Crippen LogP contribution in [0.2, 0.25) is 0 Å². The summed E-state index contributed by atoms with van der Waals surface area (Å²) in [6.07, 6.45) is 0. The first-order valence-electron chi connectivity index (χ1n) is 8.73. The summed E-state index contributed by atoms with van der Waals surface area (Å²) in [5.41, 5.74) is 5.81. The molecule has 3 saturated heterocycles. The average molecular weight is 433 g/mol. The van der Waals surface area contributed by atoms with Gasteiger partial charge in [-0.15, -0.1) is 23.5 Å². The second kappa shape index (κ2) is 6.78. The molecule has 3 heterocycles. The summed E-state index contributed by atoms with van der Waals surface area (Å²) in [5.74, 6) is -3.30. The number of carboxylic acids is 2. The van der Waals surface area contributed by atoms with Crippen LogP contribution < -0.4 is 16.4 Å². The molecule has 3 aliphatic heterocycles. The number of hydrogen-bond acceptors (Lipinski definition) is 8. The van der Waals surface area contributed by atoms with Gasteiger partial charge in [0, 0.05) is 9.49 Å². The smallest absolute Gasteiger partial charge is 0.328 e. The maximum absolute atomic E-state index is 13.0. The SMILES string of the molecule is CC1(C)SC(C(NC(=O)C2N3C(=O)C(N)C3SC2(C)C)C(=O)O)NC1C(=O)O. The van der Waals surface area contributed by atoms with Crippen LogP contribution in [0.5, 0.6) is 0 Å². The molecule has 10 nitrogen and oxygen atoms in total. The van der Waals surface area contributed by atoms with Crippen LogP contribution in [0.3, 0.4) is 0 Å². The number of amides is 2. The molecule has 6 unspecified atom stereocenters. The maximum atomic E-state index is 13.0. The lowest BCUT2D eigenvalue weighted by molar-refractivity contribution is -0.153. The van der Waals surface area contributed by atoms with Crippen LogP contribution in [0, 0.1) is 0 Å². The number of nitrogens with one attached hydrogen (secondary N) is 2. The lowest BCUT2D eigenvalue weighted by Crippen LogP contribution is -2.70. The molecule has 0 aromatic rings. The van der Waals surface area contributed by atoms with Gasteiger partial charge in [-0.25, -0.2) is 4.79 Å². The normalized spacial score (nSPS) is 36.4. The quantitative estimate of drug-likeness (QED) is 0.335. The highest BCUT2D eigenvalue weighted by atomic mass is 32.2. The number of β-lactam (4-membered cyclic amide) rings is 1. The number of nitrogens with two attached hydrogens (primary N) is 1. The number of carboxylic acid groups (broad SMARTS) is 2. The zero-order chi connectivity index (χ0) is 21.2. The molecule has 3 rings (SSSR count). The first-order chi connectivity index (χ1) is 12.8. The molecule has 6 N–H and O–H groups in total. The van der Waals surface area contributed by atoms with Crippen molar-refractivity contribution in [2.24, 2.45) is 5.73 Å². The Bertz CT molecular complexity index is 745. The first kappa shape index (κ1) is 21.2. The molecule has 12 heteroatoms. The van der Waals surface area contributed by atoms with Crippen molar-refractivity contribution in [1.29, 1.82) is 0 Å². The lowest BCUT2D eigenvalue weighted by Gasteiger charge is -2.42. The maximum Gasteiger partial charge on any atom is 0.328 e. The van der Waals surface area contributed by atoms with Gasteiger partial charge in [0.05, 0.1) is 5.37 Å². The number of fused-ring (bicyclic) bond motifs is 1. The Labute approximate surface area is 170 Å². The van der Waals surface area contributed by atoms with Crippen molar-refractivity contribution in [3.05, 3.63) is 0 Å². The number of hydrogen-bond donors (Lipinski definition) is 5. The van der Waals surface area contributed by atoms with Crippen LogP contribution in [0.4, 0.5) is 0 Å². The Kier molecular flexibility index (Phi) is 5.14. The van der Waals surface area contributed by atoms with E-state index >= 15 is 0 Å². The second-order valence-electron chi connectivity index (χ2n) is 8.19. The Morgan fingerprint density at radius 2 is 1.79 bits per heavy atom. The van der Waals surface area contributed by atoms with Gasteiger partial charge in [-0.1, -0.05) is 0 Å². The molecule has 156 valence electrons. The highest BCUT2D eigenvalue weighted by Crippen LogP contribution is 2.50. The van der Waals surface area contributed by atoms with Crippen molar-refractivity contribution in [1.82, 2.24) is 15.5 Å². The number of thioether (sulfide) groups is 2. The third-order valence-corrected chi connectivity index (χ3v) is 8.40. The summed E-state index contributed by atoms with van der Waals surface area (Å²) in [5, 5.41) is 23.2. The number of aliphatic carboxylic acids is 2. The molecule has 0 aromatic heterocycles. The van der Waals surface area contributed by atoms with E-state index in [0.29, 0.717) is 0 Å². The molecule has 0 radical (unpaired) electrons. The zero-order valence-corrected chi connectivity index (χ0v) is 17.5. The molecule has 0 saturated carbocycles. The number of rotatable bonds is 5. The molecule has 0 bridgehead atoms. The van der Waals surface area contributed by atoms with Gasteiger partial charge in [0.15, 0.2) is 6.04 Å². The molecule has 6 atom stereocenters. The van der Waals surface area contributed by atoms with E-state index in [4.69, 9.17) is 5.73 Å². The molecular formula is C16H24N4O6S2. The summed E-state index contributed by atoms with van der Waals surface area (Å²) in [4.78, 5) is 49.8. The van der Waals surface area contributed by atoms with E-state index in [0.717, 1.165) is 11.8 Å². The molecule has 28 heavy (non-hydrogen) atoms. The van der Waals surface area contributed by atoms with Gasteiger partial charge in [0.25, 0.3) is 0 Å². The Hall–Kier alpha value is -1.50. The predicted molar refractivity (Wildman–Crippen MR) is 104 cm³/mol. The predicted octanol–water partition coefficient (Wildman–Crippen LogP) is -1.16. The first-order valence-corrected chi connectivity index (χ1v) is 10.5. The fourth-order valence-electron chi connectivity index (χ4n) is 3.89. The minimum atomic E-state index is -1.36. The van der Waals surface area contributed by atoms with Gasteiger partial charge in [-0.3, -0.25) is 19.7 Å². The van der Waals surface area contributed by atoms with E-state index in [-0.39, 0.29) is 11.3 Å². The van der Waals surface area contributed by atoms with Crippen LogP contribution in [0.25, 0.3) is 0 Å². The van der Waals surface area contributed by atoms with Crippen LogP contribution in [0.1, 0.15) is 27.7 Å². The molecule has 0 aliphatic carbocycles. The van der Waals surface area contributed by atoms with Crippen molar-refractivity contribution in [3.63, 3.8) is 0 Å². The minimum absolute atomic E-state index is 0.309. The molecule has 2 amide bonds. The second-order valence-corrected chi connectivity index (χ2v) is 11.8.